The fourth-order valence-electron chi connectivity index (χ4n) is 2.30. The van der Waals surface area contributed by atoms with Crippen LogP contribution in [0.3, 0.4) is 0 Å². The van der Waals surface area contributed by atoms with E-state index in [1.807, 2.05) is 36.2 Å². The summed E-state index contributed by atoms with van der Waals surface area (Å²) in [5.41, 5.74) is 2.26. The van der Waals surface area contributed by atoms with Gasteiger partial charge in [-0.1, -0.05) is 17.7 Å². The minimum atomic E-state index is 0.323. The largest absolute Gasteiger partial charge is 0.299 e. The molecule has 2 nitrogen and oxygen atoms in total. The van der Waals surface area contributed by atoms with Crippen LogP contribution in [-0.2, 0) is 0 Å². The van der Waals surface area contributed by atoms with Crippen LogP contribution in [0.15, 0.2) is 30.5 Å². The number of thioether (sulfide) groups is 1. The molecule has 0 spiro atoms. The van der Waals surface area contributed by atoms with E-state index in [1.165, 1.54) is 17.7 Å². The number of halogens is 1. The van der Waals surface area contributed by atoms with Crippen LogP contribution in [0.5, 0.6) is 0 Å². The zero-order valence-corrected chi connectivity index (χ0v) is 11.8. The highest BCUT2D eigenvalue weighted by atomic mass is 35.5. The Morgan fingerprint density at radius 1 is 1.39 bits per heavy atom. The second-order valence-electron chi connectivity index (χ2n) is 4.64. The van der Waals surface area contributed by atoms with E-state index in [9.17, 15) is 0 Å². The van der Waals surface area contributed by atoms with Crippen molar-refractivity contribution >= 4 is 34.3 Å². The van der Waals surface area contributed by atoms with Crippen molar-refractivity contribution in [2.75, 3.05) is 5.75 Å². The molecule has 0 aliphatic carbocycles. The van der Waals surface area contributed by atoms with Crippen LogP contribution in [0.25, 0.3) is 10.9 Å². The molecule has 1 aliphatic rings. The van der Waals surface area contributed by atoms with Crippen LogP contribution < -0.4 is 5.32 Å². The Morgan fingerprint density at radius 3 is 3.11 bits per heavy atom. The van der Waals surface area contributed by atoms with Gasteiger partial charge in [-0.15, -0.1) is 11.8 Å². The fraction of sp³-hybridized carbons (Fsp3) is 0.357. The Labute approximate surface area is 116 Å². The molecule has 0 amide bonds. The van der Waals surface area contributed by atoms with E-state index in [2.05, 4.69) is 23.3 Å². The third kappa shape index (κ3) is 2.22. The maximum Gasteiger partial charge on any atom is 0.0812 e. The zero-order valence-electron chi connectivity index (χ0n) is 10.2. The minimum absolute atomic E-state index is 0.323. The van der Waals surface area contributed by atoms with Crippen molar-refractivity contribution in [3.05, 3.63) is 41.0 Å². The van der Waals surface area contributed by atoms with Crippen LogP contribution >= 0.6 is 23.4 Å². The third-order valence-corrected chi connectivity index (χ3v) is 4.83. The van der Waals surface area contributed by atoms with E-state index < -0.39 is 0 Å². The van der Waals surface area contributed by atoms with Crippen molar-refractivity contribution in [1.29, 1.82) is 0 Å². The maximum atomic E-state index is 6.23. The van der Waals surface area contributed by atoms with Gasteiger partial charge in [0, 0.05) is 28.2 Å². The number of rotatable bonds is 1. The lowest BCUT2D eigenvalue weighted by molar-refractivity contribution is 0.513. The molecule has 2 heterocycles. The molecular formula is C14H15ClN2S. The lowest BCUT2D eigenvalue weighted by atomic mass is 10.1. The zero-order chi connectivity index (χ0) is 12.5. The molecular weight excluding hydrogens is 264 g/mol. The fourth-order valence-corrected chi connectivity index (χ4v) is 3.94. The number of nitrogens with one attached hydrogen (secondary N) is 1. The standard InChI is InChI=1S/C14H15ClN2S/c1-9-6-8-18-14(17-9)11-4-5-12(15)10-3-2-7-16-13(10)11/h2-5,7,9,14,17H,6,8H2,1H3. The number of hydrogen-bond acceptors (Lipinski definition) is 3. The smallest absolute Gasteiger partial charge is 0.0812 e. The molecule has 0 saturated carbocycles. The highest BCUT2D eigenvalue weighted by molar-refractivity contribution is 7.99. The number of fused-ring (bicyclic) bond motifs is 1. The second-order valence-corrected chi connectivity index (χ2v) is 6.26. The van der Waals surface area contributed by atoms with Crippen LogP contribution in [0.4, 0.5) is 0 Å². The van der Waals surface area contributed by atoms with Gasteiger partial charge in [0.15, 0.2) is 0 Å². The molecule has 94 valence electrons. The monoisotopic (exact) mass is 278 g/mol. The normalized spacial score (nSPS) is 24.3. The molecule has 0 radical (unpaired) electrons. The molecule has 0 bridgehead atoms. The summed E-state index contributed by atoms with van der Waals surface area (Å²) in [6, 6.07) is 8.60. The molecule has 1 saturated heterocycles. The van der Waals surface area contributed by atoms with E-state index in [0.29, 0.717) is 11.4 Å². The predicted molar refractivity (Wildman–Crippen MR) is 79.2 cm³/mol. The van der Waals surface area contributed by atoms with Crippen LogP contribution in [0.1, 0.15) is 24.3 Å². The van der Waals surface area contributed by atoms with Crippen molar-refractivity contribution < 1.29 is 0 Å². The van der Waals surface area contributed by atoms with Gasteiger partial charge in [0.2, 0.25) is 0 Å². The average Bonchev–Trinajstić information content (AvgIpc) is 2.39. The lowest BCUT2D eigenvalue weighted by Gasteiger charge is -2.29. The third-order valence-electron chi connectivity index (χ3n) is 3.30. The highest BCUT2D eigenvalue weighted by Crippen LogP contribution is 2.36. The van der Waals surface area contributed by atoms with Crippen molar-refractivity contribution in [3.8, 4) is 0 Å². The number of hydrogen-bond donors (Lipinski definition) is 1. The SMILES string of the molecule is CC1CCSC(c2ccc(Cl)c3cccnc23)N1. The lowest BCUT2D eigenvalue weighted by Crippen LogP contribution is -2.33. The minimum Gasteiger partial charge on any atom is -0.299 e. The topological polar surface area (TPSA) is 24.9 Å². The quantitative estimate of drug-likeness (QED) is 0.853. The van der Waals surface area contributed by atoms with E-state index in [-0.39, 0.29) is 0 Å². The first kappa shape index (κ1) is 12.3. The Balaban J connectivity index is 2.09. The average molecular weight is 279 g/mol. The van der Waals surface area contributed by atoms with Gasteiger partial charge in [-0.3, -0.25) is 10.3 Å². The van der Waals surface area contributed by atoms with E-state index in [1.54, 1.807) is 0 Å². The highest BCUT2D eigenvalue weighted by Gasteiger charge is 2.22. The van der Waals surface area contributed by atoms with Crippen molar-refractivity contribution in [2.45, 2.75) is 24.8 Å². The van der Waals surface area contributed by atoms with Gasteiger partial charge in [-0.2, -0.15) is 0 Å². The first-order valence-electron chi connectivity index (χ1n) is 6.16. The van der Waals surface area contributed by atoms with Crippen molar-refractivity contribution in [2.24, 2.45) is 0 Å². The van der Waals surface area contributed by atoms with Crippen LogP contribution in [0.2, 0.25) is 5.02 Å². The molecule has 4 heteroatoms. The molecule has 2 atom stereocenters. The van der Waals surface area contributed by atoms with Gasteiger partial charge < -0.3 is 0 Å². The summed E-state index contributed by atoms with van der Waals surface area (Å²) in [7, 11) is 0. The van der Waals surface area contributed by atoms with Crippen molar-refractivity contribution in [3.63, 3.8) is 0 Å². The van der Waals surface area contributed by atoms with Crippen molar-refractivity contribution in [1.82, 2.24) is 10.3 Å². The number of nitrogens with zero attached hydrogens (tertiary/aromatic N) is 1. The van der Waals surface area contributed by atoms with Gasteiger partial charge in [0.05, 0.1) is 10.9 Å². The molecule has 2 unspecified atom stereocenters. The second kappa shape index (κ2) is 5.08. The van der Waals surface area contributed by atoms with Gasteiger partial charge in [0.25, 0.3) is 0 Å². The first-order valence-corrected chi connectivity index (χ1v) is 7.59. The number of aromatic nitrogens is 1. The molecule has 3 rings (SSSR count). The van der Waals surface area contributed by atoms with Crippen LogP contribution in [-0.4, -0.2) is 16.8 Å². The molecule has 2 aromatic rings. The summed E-state index contributed by atoms with van der Waals surface area (Å²) in [6.07, 6.45) is 3.05. The summed E-state index contributed by atoms with van der Waals surface area (Å²) in [5.74, 6) is 1.19. The summed E-state index contributed by atoms with van der Waals surface area (Å²) < 4.78 is 0. The molecule has 1 aromatic carbocycles. The summed E-state index contributed by atoms with van der Waals surface area (Å²) in [6.45, 7) is 2.23. The summed E-state index contributed by atoms with van der Waals surface area (Å²) in [5, 5.41) is 5.76. The Hall–Kier alpha value is -0.770. The first-order chi connectivity index (χ1) is 8.75. The van der Waals surface area contributed by atoms with Crippen LogP contribution in [0, 0.1) is 0 Å². The molecule has 1 fully saturated rings. The van der Waals surface area contributed by atoms with E-state index >= 15 is 0 Å². The van der Waals surface area contributed by atoms with Gasteiger partial charge in [-0.25, -0.2) is 0 Å². The molecule has 1 aromatic heterocycles. The molecule has 1 aliphatic heterocycles. The Kier molecular flexibility index (Phi) is 3.46. The van der Waals surface area contributed by atoms with Gasteiger partial charge in [-0.05, 0) is 37.3 Å². The summed E-state index contributed by atoms with van der Waals surface area (Å²) >= 11 is 8.18. The van der Waals surface area contributed by atoms with Gasteiger partial charge >= 0.3 is 0 Å². The number of pyridine rings is 1. The Morgan fingerprint density at radius 2 is 2.28 bits per heavy atom. The number of benzene rings is 1. The maximum absolute atomic E-state index is 6.23. The Bertz CT molecular complexity index is 573. The summed E-state index contributed by atoms with van der Waals surface area (Å²) in [4.78, 5) is 4.50. The molecule has 1 N–H and O–H groups in total. The van der Waals surface area contributed by atoms with E-state index in [4.69, 9.17) is 11.6 Å². The van der Waals surface area contributed by atoms with E-state index in [0.717, 1.165) is 15.9 Å². The van der Waals surface area contributed by atoms with Gasteiger partial charge in [0.1, 0.15) is 0 Å². The predicted octanol–water partition coefficient (Wildman–Crippen LogP) is 4.00. The molecule has 18 heavy (non-hydrogen) atoms.